The van der Waals surface area contributed by atoms with E-state index in [0.717, 1.165) is 12.8 Å². The topological polar surface area (TPSA) is 77.8 Å². The van der Waals surface area contributed by atoms with E-state index in [9.17, 15) is 19.5 Å². The molecule has 0 saturated heterocycles. The average Bonchev–Trinajstić information content (AvgIpc) is 2.75. The SMILES string of the molecule is CCCC/C=C\CC/C=C\CCCCCCCCCCCCCCC(O)(C[N+](C)(C)C)P(=O)(O)O. The van der Waals surface area contributed by atoms with Crippen LogP contribution in [0.2, 0.25) is 0 Å². The zero-order valence-corrected chi connectivity index (χ0v) is 24.5. The fourth-order valence-electron chi connectivity index (χ4n) is 4.50. The number of hydrogen-bond donors (Lipinski definition) is 3. The molecule has 0 aliphatic rings. The van der Waals surface area contributed by atoms with Gasteiger partial charge in [0.2, 0.25) is 5.34 Å². The third kappa shape index (κ3) is 21.4. The first-order valence-electron chi connectivity index (χ1n) is 14.4. The van der Waals surface area contributed by atoms with Crippen molar-refractivity contribution in [3.63, 3.8) is 0 Å². The first-order valence-corrected chi connectivity index (χ1v) is 16.0. The lowest BCUT2D eigenvalue weighted by atomic mass is 10.0. The highest BCUT2D eigenvalue weighted by Crippen LogP contribution is 2.52. The Bertz CT molecular complexity index is 594. The summed E-state index contributed by atoms with van der Waals surface area (Å²) in [5.41, 5.74) is 0. The van der Waals surface area contributed by atoms with E-state index >= 15 is 0 Å². The molecule has 0 aliphatic carbocycles. The first kappa shape index (κ1) is 34.6. The molecule has 1 atom stereocenters. The minimum atomic E-state index is -4.55. The molecule has 208 valence electrons. The molecule has 0 saturated carbocycles. The van der Waals surface area contributed by atoms with Crippen molar-refractivity contribution in [1.29, 1.82) is 0 Å². The van der Waals surface area contributed by atoms with Crippen LogP contribution in [0.5, 0.6) is 0 Å². The molecule has 0 rings (SSSR count). The van der Waals surface area contributed by atoms with Crippen LogP contribution in [0, 0.1) is 0 Å². The van der Waals surface area contributed by atoms with Gasteiger partial charge in [-0.05, 0) is 44.9 Å². The van der Waals surface area contributed by atoms with Crippen molar-refractivity contribution in [3.05, 3.63) is 24.3 Å². The molecule has 35 heavy (non-hydrogen) atoms. The molecule has 0 aromatic rings. The van der Waals surface area contributed by atoms with Crippen molar-refractivity contribution in [2.75, 3.05) is 27.7 Å². The van der Waals surface area contributed by atoms with Crippen molar-refractivity contribution in [2.24, 2.45) is 0 Å². The Morgan fingerprint density at radius 3 is 1.40 bits per heavy atom. The van der Waals surface area contributed by atoms with Crippen molar-refractivity contribution < 1.29 is 23.9 Å². The Labute approximate surface area is 217 Å². The van der Waals surface area contributed by atoms with E-state index in [1.807, 2.05) is 21.1 Å². The van der Waals surface area contributed by atoms with E-state index in [-0.39, 0.29) is 13.0 Å². The lowest BCUT2D eigenvalue weighted by Gasteiger charge is -2.35. The van der Waals surface area contributed by atoms with Crippen LogP contribution in [0.1, 0.15) is 129 Å². The number of quaternary nitrogens is 1. The monoisotopic (exact) mass is 516 g/mol. The number of hydrogen-bond acceptors (Lipinski definition) is 2. The van der Waals surface area contributed by atoms with Crippen molar-refractivity contribution >= 4 is 7.60 Å². The van der Waals surface area contributed by atoms with Gasteiger partial charge in [0, 0.05) is 0 Å². The van der Waals surface area contributed by atoms with Crippen LogP contribution >= 0.6 is 7.60 Å². The van der Waals surface area contributed by atoms with Crippen LogP contribution < -0.4 is 0 Å². The molecule has 5 nitrogen and oxygen atoms in total. The normalized spacial score (nSPS) is 14.8. The quantitative estimate of drug-likeness (QED) is 0.0524. The molecule has 3 N–H and O–H groups in total. The number of likely N-dealkylation sites (N-methyl/N-ethyl adjacent to an activating group) is 1. The predicted octanol–water partition coefficient (Wildman–Crippen LogP) is 8.10. The molecule has 0 aliphatic heterocycles. The lowest BCUT2D eigenvalue weighted by Crippen LogP contribution is -2.49. The fraction of sp³-hybridized carbons (Fsp3) is 0.862. The third-order valence-electron chi connectivity index (χ3n) is 6.53. The van der Waals surface area contributed by atoms with E-state index in [4.69, 9.17) is 0 Å². The summed E-state index contributed by atoms with van der Waals surface area (Å²) in [7, 11) is 0.980. The van der Waals surface area contributed by atoms with Crippen LogP contribution in [-0.2, 0) is 4.57 Å². The highest BCUT2D eigenvalue weighted by molar-refractivity contribution is 7.53. The molecule has 0 aromatic heterocycles. The van der Waals surface area contributed by atoms with Gasteiger partial charge in [-0.25, -0.2) is 0 Å². The van der Waals surface area contributed by atoms with Gasteiger partial charge in [0.1, 0.15) is 6.54 Å². The van der Waals surface area contributed by atoms with Crippen LogP contribution in [0.3, 0.4) is 0 Å². The Morgan fingerprint density at radius 2 is 1.00 bits per heavy atom. The summed E-state index contributed by atoms with van der Waals surface area (Å²) < 4.78 is 12.1. The molecule has 0 amide bonds. The Kier molecular flexibility index (Phi) is 20.3. The molecule has 0 heterocycles. The maximum Gasteiger partial charge on any atom is 0.362 e. The highest BCUT2D eigenvalue weighted by atomic mass is 31.2. The Morgan fingerprint density at radius 1 is 0.629 bits per heavy atom. The molecule has 0 fully saturated rings. The number of unbranched alkanes of at least 4 members (excludes halogenated alkanes) is 15. The molecular formula is C29H59NO4P+. The molecule has 0 spiro atoms. The summed E-state index contributed by atoms with van der Waals surface area (Å²) in [6.45, 7) is 2.30. The van der Waals surface area contributed by atoms with Crippen LogP contribution in [-0.4, -0.2) is 52.4 Å². The number of allylic oxidation sites excluding steroid dienone is 4. The van der Waals surface area contributed by atoms with Gasteiger partial charge in [-0.1, -0.05) is 108 Å². The third-order valence-corrected chi connectivity index (χ3v) is 7.97. The molecule has 1 unspecified atom stereocenters. The van der Waals surface area contributed by atoms with Gasteiger partial charge in [-0.15, -0.1) is 0 Å². The second kappa shape index (κ2) is 20.6. The summed E-state index contributed by atoms with van der Waals surface area (Å²) in [6, 6.07) is 0. The van der Waals surface area contributed by atoms with Crippen LogP contribution in [0.25, 0.3) is 0 Å². The standard InChI is InChI=1S/C29H58NO4P/c1-5-6-7-8-9-10-11-12-13-14-15-16-17-18-19-20-21-22-23-24-25-26-27-29(31,35(32,33)34)28-30(2,3)4/h8-9,12-13,31H,5-7,10-11,14-28H2,1-4H3,(H-,32,33,34)/p+1/b9-8-,13-12-. The van der Waals surface area contributed by atoms with E-state index in [2.05, 4.69) is 31.2 Å². The second-order valence-electron chi connectivity index (χ2n) is 11.4. The number of aliphatic hydroxyl groups is 1. The van der Waals surface area contributed by atoms with E-state index in [1.54, 1.807) is 0 Å². The Hall–Kier alpha value is -0.450. The molecule has 6 heteroatoms. The predicted molar refractivity (Wildman–Crippen MR) is 152 cm³/mol. The Balaban J connectivity index is 3.53. The summed E-state index contributed by atoms with van der Waals surface area (Å²) in [5, 5.41) is 8.65. The lowest BCUT2D eigenvalue weighted by molar-refractivity contribution is -0.875. The number of nitrogens with zero attached hydrogens (tertiary/aromatic N) is 1. The van der Waals surface area contributed by atoms with Crippen molar-refractivity contribution in [3.8, 4) is 0 Å². The number of rotatable bonds is 24. The van der Waals surface area contributed by atoms with Gasteiger partial charge < -0.3 is 19.4 Å². The van der Waals surface area contributed by atoms with Gasteiger partial charge in [0.25, 0.3) is 0 Å². The largest absolute Gasteiger partial charge is 0.373 e. The van der Waals surface area contributed by atoms with Gasteiger partial charge in [-0.2, -0.15) is 0 Å². The molecule has 0 radical (unpaired) electrons. The zero-order chi connectivity index (χ0) is 26.5. The molecule has 0 bridgehead atoms. The van der Waals surface area contributed by atoms with E-state index in [0.29, 0.717) is 10.9 Å². The summed E-state index contributed by atoms with van der Waals surface area (Å²) >= 11 is 0. The van der Waals surface area contributed by atoms with Crippen molar-refractivity contribution in [2.45, 2.75) is 134 Å². The average molecular weight is 517 g/mol. The van der Waals surface area contributed by atoms with Gasteiger partial charge in [0.15, 0.2) is 0 Å². The van der Waals surface area contributed by atoms with E-state index in [1.165, 1.54) is 96.3 Å². The van der Waals surface area contributed by atoms with Crippen molar-refractivity contribution in [1.82, 2.24) is 0 Å². The maximum absolute atomic E-state index is 11.8. The summed E-state index contributed by atoms with van der Waals surface area (Å²) in [6.07, 6.45) is 31.2. The molecular weight excluding hydrogens is 457 g/mol. The first-order chi connectivity index (χ1) is 16.5. The van der Waals surface area contributed by atoms with Gasteiger partial charge in [-0.3, -0.25) is 4.57 Å². The zero-order valence-electron chi connectivity index (χ0n) is 23.6. The minimum Gasteiger partial charge on any atom is -0.373 e. The second-order valence-corrected chi connectivity index (χ2v) is 13.3. The minimum absolute atomic E-state index is 0.0606. The van der Waals surface area contributed by atoms with E-state index < -0.39 is 12.9 Å². The van der Waals surface area contributed by atoms with Gasteiger partial charge in [0.05, 0.1) is 21.1 Å². The summed E-state index contributed by atoms with van der Waals surface area (Å²) in [4.78, 5) is 19.2. The highest BCUT2D eigenvalue weighted by Gasteiger charge is 2.48. The fourth-order valence-corrected chi connectivity index (χ4v) is 5.56. The van der Waals surface area contributed by atoms with Gasteiger partial charge >= 0.3 is 7.60 Å². The van der Waals surface area contributed by atoms with Crippen LogP contribution in [0.15, 0.2) is 24.3 Å². The molecule has 0 aromatic carbocycles. The maximum atomic E-state index is 11.8. The smallest absolute Gasteiger partial charge is 0.362 e. The summed E-state index contributed by atoms with van der Waals surface area (Å²) in [5.74, 6) is 0. The van der Waals surface area contributed by atoms with Crippen LogP contribution in [0.4, 0.5) is 0 Å².